The van der Waals surface area contributed by atoms with E-state index < -0.39 is 0 Å². The summed E-state index contributed by atoms with van der Waals surface area (Å²) in [5.41, 5.74) is 1.11. The van der Waals surface area contributed by atoms with E-state index in [2.05, 4.69) is 27.7 Å². The van der Waals surface area contributed by atoms with Crippen molar-refractivity contribution in [3.8, 4) is 5.75 Å². The van der Waals surface area contributed by atoms with Crippen LogP contribution in [-0.2, 0) is 5.41 Å². The highest BCUT2D eigenvalue weighted by Crippen LogP contribution is 2.38. The first-order valence-corrected chi connectivity index (χ1v) is 6.28. The summed E-state index contributed by atoms with van der Waals surface area (Å²) in [6.45, 7) is 8.95. The van der Waals surface area contributed by atoms with Crippen LogP contribution in [0.25, 0.3) is 0 Å². The van der Waals surface area contributed by atoms with Crippen LogP contribution in [-0.4, -0.2) is 5.11 Å². The van der Waals surface area contributed by atoms with Crippen LogP contribution in [0.2, 0.25) is 0 Å². The fourth-order valence-electron chi connectivity index (χ4n) is 2.16. The summed E-state index contributed by atoms with van der Waals surface area (Å²) in [4.78, 5) is 0. The minimum Gasteiger partial charge on any atom is -0.508 e. The molecule has 1 unspecified atom stereocenters. The zero-order valence-corrected chi connectivity index (χ0v) is 11.0. The van der Waals surface area contributed by atoms with Gasteiger partial charge in [-0.2, -0.15) is 0 Å². The molecule has 0 aliphatic carbocycles. The van der Waals surface area contributed by atoms with Gasteiger partial charge in [-0.25, -0.2) is 0 Å². The number of phenols is 1. The summed E-state index contributed by atoms with van der Waals surface area (Å²) in [6, 6.07) is 7.70. The Bertz CT molecular complexity index is 328. The third-order valence-electron chi connectivity index (χ3n) is 3.82. The first kappa shape index (κ1) is 13.1. The summed E-state index contributed by atoms with van der Waals surface area (Å²) in [5.74, 6) is 1.01. The quantitative estimate of drug-likeness (QED) is 0.774. The van der Waals surface area contributed by atoms with Gasteiger partial charge in [0.1, 0.15) is 5.75 Å². The maximum atomic E-state index is 9.92. The number of unbranched alkanes of at least 4 members (excludes halogenated alkanes) is 1. The second-order valence-corrected chi connectivity index (χ2v) is 5.28. The van der Waals surface area contributed by atoms with Crippen molar-refractivity contribution in [1.82, 2.24) is 0 Å². The predicted molar refractivity (Wildman–Crippen MR) is 69.8 cm³/mol. The Morgan fingerprint density at radius 3 is 2.44 bits per heavy atom. The van der Waals surface area contributed by atoms with Gasteiger partial charge in [-0.3, -0.25) is 0 Å². The van der Waals surface area contributed by atoms with E-state index in [4.69, 9.17) is 0 Å². The highest BCUT2D eigenvalue weighted by molar-refractivity contribution is 5.37. The van der Waals surface area contributed by atoms with Crippen molar-refractivity contribution < 1.29 is 5.11 Å². The van der Waals surface area contributed by atoms with Crippen LogP contribution in [0.15, 0.2) is 24.3 Å². The highest BCUT2D eigenvalue weighted by atomic mass is 16.3. The predicted octanol–water partition coefficient (Wildman–Crippen LogP) is 4.50. The van der Waals surface area contributed by atoms with E-state index in [9.17, 15) is 5.11 Å². The van der Waals surface area contributed by atoms with Crippen LogP contribution in [0, 0.1) is 5.92 Å². The largest absolute Gasteiger partial charge is 0.508 e. The molecule has 0 aliphatic rings. The number of phenolic OH excluding ortho intramolecular Hbond substituents is 1. The molecule has 1 rings (SSSR count). The molecule has 1 N–H and O–H groups in total. The average molecular weight is 220 g/mol. The van der Waals surface area contributed by atoms with Gasteiger partial charge in [0, 0.05) is 0 Å². The number of hydrogen-bond donors (Lipinski definition) is 1. The maximum Gasteiger partial charge on any atom is 0.119 e. The second kappa shape index (κ2) is 5.38. The normalized spacial score (nSPS) is 13.8. The monoisotopic (exact) mass is 220 g/mol. The molecule has 1 aromatic carbocycles. The molecular weight excluding hydrogens is 196 g/mol. The van der Waals surface area contributed by atoms with Crippen molar-refractivity contribution >= 4 is 0 Å². The molecule has 0 fully saturated rings. The van der Waals surface area contributed by atoms with E-state index in [1.54, 1.807) is 6.07 Å². The van der Waals surface area contributed by atoms with Gasteiger partial charge >= 0.3 is 0 Å². The van der Waals surface area contributed by atoms with E-state index in [-0.39, 0.29) is 5.41 Å². The number of para-hydroxylation sites is 1. The van der Waals surface area contributed by atoms with Gasteiger partial charge in [-0.15, -0.1) is 0 Å². The average Bonchev–Trinajstić information content (AvgIpc) is 2.26. The lowest BCUT2D eigenvalue weighted by molar-refractivity contribution is 0.305. The Labute approximate surface area is 99.5 Å². The summed E-state index contributed by atoms with van der Waals surface area (Å²) in [6.07, 6.45) is 3.72. The van der Waals surface area contributed by atoms with Crippen molar-refractivity contribution in [3.63, 3.8) is 0 Å². The van der Waals surface area contributed by atoms with Gasteiger partial charge < -0.3 is 5.11 Å². The molecule has 0 heterocycles. The third-order valence-corrected chi connectivity index (χ3v) is 3.82. The van der Waals surface area contributed by atoms with Gasteiger partial charge in [-0.05, 0) is 29.4 Å². The molecular formula is C15H24O. The van der Waals surface area contributed by atoms with Gasteiger partial charge in [0.05, 0.1) is 0 Å². The molecule has 0 aromatic heterocycles. The third kappa shape index (κ3) is 2.78. The zero-order chi connectivity index (χ0) is 12.2. The molecule has 0 aliphatic heterocycles. The highest BCUT2D eigenvalue weighted by Gasteiger charge is 2.29. The van der Waals surface area contributed by atoms with Crippen molar-refractivity contribution in [1.29, 1.82) is 0 Å². The van der Waals surface area contributed by atoms with Crippen LogP contribution in [0.4, 0.5) is 0 Å². The van der Waals surface area contributed by atoms with Crippen molar-refractivity contribution in [3.05, 3.63) is 29.8 Å². The molecule has 1 heteroatoms. The Balaban J connectivity index is 2.88. The summed E-state index contributed by atoms with van der Waals surface area (Å²) < 4.78 is 0. The number of rotatable bonds is 5. The molecule has 16 heavy (non-hydrogen) atoms. The van der Waals surface area contributed by atoms with E-state index in [0.717, 1.165) is 5.56 Å². The first-order valence-electron chi connectivity index (χ1n) is 6.28. The molecule has 0 radical (unpaired) electrons. The Morgan fingerprint density at radius 1 is 1.25 bits per heavy atom. The minimum absolute atomic E-state index is 0.0422. The van der Waals surface area contributed by atoms with Crippen LogP contribution >= 0.6 is 0 Å². The Kier molecular flexibility index (Phi) is 4.40. The van der Waals surface area contributed by atoms with Gasteiger partial charge in [0.25, 0.3) is 0 Å². The molecule has 0 spiro atoms. The van der Waals surface area contributed by atoms with E-state index in [1.165, 1.54) is 19.3 Å². The fourth-order valence-corrected chi connectivity index (χ4v) is 2.16. The molecule has 0 saturated heterocycles. The van der Waals surface area contributed by atoms with Gasteiger partial charge in [0.2, 0.25) is 0 Å². The first-order chi connectivity index (χ1) is 7.50. The van der Waals surface area contributed by atoms with Crippen molar-refractivity contribution in [2.24, 2.45) is 5.92 Å². The topological polar surface area (TPSA) is 20.2 Å². The van der Waals surface area contributed by atoms with Crippen LogP contribution < -0.4 is 0 Å². The van der Waals surface area contributed by atoms with E-state index in [1.807, 2.05) is 18.2 Å². The lowest BCUT2D eigenvalue weighted by Crippen LogP contribution is -2.26. The standard InChI is InChI=1S/C15H24O/c1-5-6-9-12(2)15(3,4)13-10-7-8-11-14(13)16/h7-8,10-12,16H,5-6,9H2,1-4H3. The van der Waals surface area contributed by atoms with Crippen molar-refractivity contribution in [2.45, 2.75) is 52.4 Å². The Morgan fingerprint density at radius 2 is 1.88 bits per heavy atom. The molecule has 1 atom stereocenters. The van der Waals surface area contributed by atoms with Gasteiger partial charge in [-0.1, -0.05) is 58.7 Å². The molecule has 1 aromatic rings. The lowest BCUT2D eigenvalue weighted by Gasteiger charge is -2.33. The molecule has 0 saturated carbocycles. The summed E-state index contributed by atoms with van der Waals surface area (Å²) in [5, 5.41) is 9.92. The van der Waals surface area contributed by atoms with Crippen molar-refractivity contribution in [2.75, 3.05) is 0 Å². The Hall–Kier alpha value is -0.980. The van der Waals surface area contributed by atoms with Crippen LogP contribution in [0.1, 0.15) is 52.5 Å². The maximum absolute atomic E-state index is 9.92. The summed E-state index contributed by atoms with van der Waals surface area (Å²) in [7, 11) is 0. The molecule has 1 nitrogen and oxygen atoms in total. The second-order valence-electron chi connectivity index (χ2n) is 5.28. The number of benzene rings is 1. The van der Waals surface area contributed by atoms with E-state index in [0.29, 0.717) is 11.7 Å². The minimum atomic E-state index is 0.0422. The molecule has 0 bridgehead atoms. The fraction of sp³-hybridized carbons (Fsp3) is 0.600. The SMILES string of the molecule is CCCCC(C)C(C)(C)c1ccccc1O. The smallest absolute Gasteiger partial charge is 0.119 e. The summed E-state index contributed by atoms with van der Waals surface area (Å²) >= 11 is 0. The van der Waals surface area contributed by atoms with E-state index >= 15 is 0 Å². The molecule has 90 valence electrons. The lowest BCUT2D eigenvalue weighted by atomic mass is 9.72. The van der Waals surface area contributed by atoms with Crippen LogP contribution in [0.5, 0.6) is 5.75 Å². The molecule has 0 amide bonds. The zero-order valence-electron chi connectivity index (χ0n) is 11.0. The number of aromatic hydroxyl groups is 1. The van der Waals surface area contributed by atoms with Crippen LogP contribution in [0.3, 0.4) is 0 Å². The van der Waals surface area contributed by atoms with Gasteiger partial charge in [0.15, 0.2) is 0 Å². The number of hydrogen-bond acceptors (Lipinski definition) is 1.